The average molecular weight is 429 g/mol. The molecule has 0 radical (unpaired) electrons. The molecule has 1 aliphatic rings. The number of hydrogen-bond donors (Lipinski definition) is 0. The Balaban J connectivity index is 1.45. The van der Waals surface area contributed by atoms with Crippen molar-refractivity contribution in [2.45, 2.75) is 38.6 Å². The summed E-state index contributed by atoms with van der Waals surface area (Å²) in [6.45, 7) is 2.99. The van der Waals surface area contributed by atoms with Crippen molar-refractivity contribution in [1.82, 2.24) is 19.7 Å². The summed E-state index contributed by atoms with van der Waals surface area (Å²) in [6.07, 6.45) is 7.57. The molecular formula is C22H25FN4O2S. The normalized spacial score (nSPS) is 13.8. The number of aryl methyl sites for hydroxylation is 2. The number of carbonyl (C=O) groups excluding carboxylic acids is 1. The predicted octanol–water partition coefficient (Wildman–Crippen LogP) is 4.45. The highest BCUT2D eigenvalue weighted by Gasteiger charge is 2.32. The van der Waals surface area contributed by atoms with Crippen LogP contribution in [0.25, 0.3) is 10.4 Å². The van der Waals surface area contributed by atoms with Crippen LogP contribution in [-0.4, -0.2) is 44.8 Å². The molecule has 0 atom stereocenters. The Morgan fingerprint density at radius 2 is 2.10 bits per heavy atom. The zero-order chi connectivity index (χ0) is 21.1. The first-order valence-electron chi connectivity index (χ1n) is 10.2. The topological polar surface area (TPSA) is 60.3 Å². The summed E-state index contributed by atoms with van der Waals surface area (Å²) >= 11 is 1.52. The van der Waals surface area contributed by atoms with Crippen molar-refractivity contribution in [3.05, 3.63) is 53.2 Å². The zero-order valence-electron chi connectivity index (χ0n) is 17.2. The van der Waals surface area contributed by atoms with Crippen LogP contribution >= 0.6 is 11.3 Å². The lowest BCUT2D eigenvalue weighted by molar-refractivity contribution is 0.0561. The van der Waals surface area contributed by atoms with Gasteiger partial charge >= 0.3 is 0 Å². The van der Waals surface area contributed by atoms with Crippen molar-refractivity contribution < 1.29 is 13.9 Å². The largest absolute Gasteiger partial charge is 0.494 e. The summed E-state index contributed by atoms with van der Waals surface area (Å²) in [6, 6.07) is 6.24. The number of ether oxygens (including phenoxy) is 1. The van der Waals surface area contributed by atoms with Gasteiger partial charge in [-0.3, -0.25) is 9.48 Å². The number of thiazole rings is 1. The summed E-state index contributed by atoms with van der Waals surface area (Å²) in [7, 11) is 1.86. The minimum atomic E-state index is -0.285. The molecule has 8 heteroatoms. The molecule has 0 saturated heterocycles. The molecule has 1 amide bonds. The summed E-state index contributed by atoms with van der Waals surface area (Å²) in [5.74, 6) is 0.323. The molecule has 0 spiro atoms. The first-order valence-corrected chi connectivity index (χ1v) is 11.0. The maximum atomic E-state index is 13.5. The number of benzene rings is 1. The van der Waals surface area contributed by atoms with Gasteiger partial charge in [-0.05, 0) is 56.9 Å². The molecule has 0 aliphatic heterocycles. The summed E-state index contributed by atoms with van der Waals surface area (Å²) in [5.41, 5.74) is 1.43. The van der Waals surface area contributed by atoms with E-state index in [4.69, 9.17) is 4.74 Å². The van der Waals surface area contributed by atoms with Crippen LogP contribution < -0.4 is 4.74 Å². The fourth-order valence-corrected chi connectivity index (χ4v) is 4.43. The number of hydrogen-bond acceptors (Lipinski definition) is 5. The highest BCUT2D eigenvalue weighted by molar-refractivity contribution is 7.15. The van der Waals surface area contributed by atoms with E-state index in [-0.39, 0.29) is 17.8 Å². The van der Waals surface area contributed by atoms with Gasteiger partial charge in [0.1, 0.15) is 17.3 Å². The third kappa shape index (κ3) is 4.53. The molecule has 3 aromatic rings. The average Bonchev–Trinajstić information content (AvgIpc) is 3.29. The molecule has 0 unspecified atom stereocenters. The molecule has 4 rings (SSSR count). The molecule has 6 nitrogen and oxygen atoms in total. The molecule has 1 aliphatic carbocycles. The Labute approximate surface area is 179 Å². The van der Waals surface area contributed by atoms with Crippen LogP contribution in [0.3, 0.4) is 0 Å². The van der Waals surface area contributed by atoms with Crippen LogP contribution in [0.1, 0.15) is 41.2 Å². The molecule has 2 aromatic heterocycles. The molecule has 1 fully saturated rings. The van der Waals surface area contributed by atoms with E-state index >= 15 is 0 Å². The van der Waals surface area contributed by atoms with Gasteiger partial charge in [-0.25, -0.2) is 9.37 Å². The SMILES string of the molecule is Cc1nc(C(=O)N(CCCOc2ccc(F)cc2)C2CCC2)c(-c2cnn(C)c2)s1. The quantitative estimate of drug-likeness (QED) is 0.497. The lowest BCUT2D eigenvalue weighted by Crippen LogP contribution is -2.45. The third-order valence-corrected chi connectivity index (χ3v) is 6.33. The van der Waals surface area contributed by atoms with E-state index in [0.717, 1.165) is 34.7 Å². The van der Waals surface area contributed by atoms with Crippen molar-refractivity contribution >= 4 is 17.2 Å². The number of carbonyl (C=O) groups is 1. The van der Waals surface area contributed by atoms with E-state index in [1.165, 1.54) is 23.5 Å². The monoisotopic (exact) mass is 428 g/mol. The molecule has 158 valence electrons. The van der Waals surface area contributed by atoms with Gasteiger partial charge in [0.2, 0.25) is 0 Å². The van der Waals surface area contributed by atoms with E-state index in [9.17, 15) is 9.18 Å². The van der Waals surface area contributed by atoms with Gasteiger partial charge in [0.05, 0.1) is 22.7 Å². The summed E-state index contributed by atoms with van der Waals surface area (Å²) in [4.78, 5) is 20.8. The molecule has 0 bridgehead atoms. The van der Waals surface area contributed by atoms with Gasteiger partial charge in [-0.15, -0.1) is 11.3 Å². The first-order chi connectivity index (χ1) is 14.5. The zero-order valence-corrected chi connectivity index (χ0v) is 18.0. The van der Waals surface area contributed by atoms with Gasteiger partial charge in [0.25, 0.3) is 5.91 Å². The van der Waals surface area contributed by atoms with E-state index < -0.39 is 0 Å². The van der Waals surface area contributed by atoms with E-state index in [2.05, 4.69) is 10.1 Å². The molecular weight excluding hydrogens is 403 g/mol. The van der Waals surface area contributed by atoms with Gasteiger partial charge in [0.15, 0.2) is 0 Å². The molecule has 1 aromatic carbocycles. The van der Waals surface area contributed by atoms with Gasteiger partial charge < -0.3 is 9.64 Å². The van der Waals surface area contributed by atoms with Crippen LogP contribution in [0.15, 0.2) is 36.7 Å². The van der Waals surface area contributed by atoms with Crippen molar-refractivity contribution in [2.24, 2.45) is 7.05 Å². The number of halogens is 1. The van der Waals surface area contributed by atoms with E-state index in [1.807, 2.05) is 25.1 Å². The number of rotatable bonds is 8. The number of amides is 1. The standard InChI is InChI=1S/C22H25FN4O2S/c1-15-25-20(21(30-15)16-13-24-26(2)14-16)22(28)27(18-5-3-6-18)11-4-12-29-19-9-7-17(23)8-10-19/h7-10,13-14,18H,3-6,11-12H2,1-2H3. The second kappa shape index (κ2) is 8.95. The second-order valence-electron chi connectivity index (χ2n) is 7.55. The fourth-order valence-electron chi connectivity index (χ4n) is 3.55. The highest BCUT2D eigenvalue weighted by atomic mass is 32.1. The summed E-state index contributed by atoms with van der Waals surface area (Å²) in [5, 5.41) is 5.10. The Bertz CT molecular complexity index is 1010. The molecule has 2 heterocycles. The maximum absolute atomic E-state index is 13.5. The molecule has 1 saturated carbocycles. The van der Waals surface area contributed by atoms with Crippen molar-refractivity contribution in [2.75, 3.05) is 13.2 Å². The van der Waals surface area contributed by atoms with Crippen LogP contribution in [0.2, 0.25) is 0 Å². The Hall–Kier alpha value is -2.74. The first kappa shape index (κ1) is 20.5. The van der Waals surface area contributed by atoms with Crippen LogP contribution in [-0.2, 0) is 7.05 Å². The van der Waals surface area contributed by atoms with Crippen molar-refractivity contribution in [3.63, 3.8) is 0 Å². The number of aromatic nitrogens is 3. The third-order valence-electron chi connectivity index (χ3n) is 5.31. The van der Waals surface area contributed by atoms with Gasteiger partial charge in [-0.2, -0.15) is 5.10 Å². The Kier molecular flexibility index (Phi) is 6.13. The van der Waals surface area contributed by atoms with Crippen molar-refractivity contribution in [3.8, 4) is 16.2 Å². The van der Waals surface area contributed by atoms with Crippen LogP contribution in [0, 0.1) is 12.7 Å². The highest BCUT2D eigenvalue weighted by Crippen LogP contribution is 2.33. The Morgan fingerprint density at radius 3 is 2.73 bits per heavy atom. The molecule has 0 N–H and O–H groups in total. The van der Waals surface area contributed by atoms with Crippen LogP contribution in [0.4, 0.5) is 4.39 Å². The minimum Gasteiger partial charge on any atom is -0.494 e. The number of nitrogens with zero attached hydrogens (tertiary/aromatic N) is 4. The maximum Gasteiger partial charge on any atom is 0.274 e. The van der Waals surface area contributed by atoms with Crippen molar-refractivity contribution in [1.29, 1.82) is 0 Å². The van der Waals surface area contributed by atoms with Gasteiger partial charge in [-0.1, -0.05) is 0 Å². The minimum absolute atomic E-state index is 0.0234. The molecule has 30 heavy (non-hydrogen) atoms. The Morgan fingerprint density at radius 1 is 1.33 bits per heavy atom. The smallest absolute Gasteiger partial charge is 0.274 e. The lowest BCUT2D eigenvalue weighted by Gasteiger charge is -2.37. The van der Waals surface area contributed by atoms with E-state index in [1.54, 1.807) is 23.0 Å². The van der Waals surface area contributed by atoms with Crippen LogP contribution in [0.5, 0.6) is 5.75 Å². The summed E-state index contributed by atoms with van der Waals surface area (Å²) < 4.78 is 20.4. The fraction of sp³-hybridized carbons (Fsp3) is 0.409. The van der Waals surface area contributed by atoms with Gasteiger partial charge in [0, 0.05) is 31.4 Å². The second-order valence-corrected chi connectivity index (χ2v) is 8.76. The lowest BCUT2D eigenvalue weighted by atomic mass is 9.91. The van der Waals surface area contributed by atoms with E-state index in [0.29, 0.717) is 31.0 Å². The predicted molar refractivity (Wildman–Crippen MR) is 114 cm³/mol.